The molecule has 18 heavy (non-hydrogen) atoms. The average molecular weight is 247 g/mol. The van der Waals surface area contributed by atoms with Crippen LogP contribution in [0.15, 0.2) is 10.9 Å². The maximum atomic E-state index is 11.7. The smallest absolute Gasteiger partial charge is 0.252 e. The lowest BCUT2D eigenvalue weighted by Crippen LogP contribution is -2.34. The lowest BCUT2D eigenvalue weighted by atomic mass is 9.85. The van der Waals surface area contributed by atoms with Crippen molar-refractivity contribution in [1.29, 1.82) is 0 Å². The average Bonchev–Trinajstić information content (AvgIpc) is 3.10. The third kappa shape index (κ3) is 2.42. The van der Waals surface area contributed by atoms with Crippen LogP contribution in [-0.2, 0) is 0 Å². The van der Waals surface area contributed by atoms with Gasteiger partial charge in [-0.05, 0) is 38.5 Å². The van der Waals surface area contributed by atoms with Gasteiger partial charge in [0.1, 0.15) is 11.6 Å². The van der Waals surface area contributed by atoms with Gasteiger partial charge in [0, 0.05) is 25.1 Å². The van der Waals surface area contributed by atoms with Crippen molar-refractivity contribution in [3.63, 3.8) is 0 Å². The SMILES string of the molecule is CCN(CC1CCC1)c1cc(=O)[nH]c(C2CC2)n1. The molecule has 0 aliphatic heterocycles. The van der Waals surface area contributed by atoms with Crippen molar-refractivity contribution < 1.29 is 0 Å². The lowest BCUT2D eigenvalue weighted by Gasteiger charge is -2.32. The Morgan fingerprint density at radius 2 is 2.17 bits per heavy atom. The number of hydrogen-bond donors (Lipinski definition) is 1. The molecule has 1 aromatic rings. The van der Waals surface area contributed by atoms with Crippen molar-refractivity contribution in [2.24, 2.45) is 5.92 Å². The van der Waals surface area contributed by atoms with E-state index in [0.717, 1.165) is 30.6 Å². The molecule has 2 aliphatic rings. The molecule has 0 atom stereocenters. The molecule has 0 amide bonds. The van der Waals surface area contributed by atoms with Gasteiger partial charge in [0.05, 0.1) is 0 Å². The molecule has 0 saturated heterocycles. The minimum atomic E-state index is -0.00559. The first kappa shape index (κ1) is 11.8. The standard InChI is InChI=1S/C14H21N3O/c1-2-17(9-10-4-3-5-10)12-8-13(18)16-14(15-12)11-6-7-11/h8,10-11H,2-7,9H2,1H3,(H,15,16,18). The highest BCUT2D eigenvalue weighted by Gasteiger charge is 2.27. The van der Waals surface area contributed by atoms with E-state index in [4.69, 9.17) is 0 Å². The zero-order valence-corrected chi connectivity index (χ0v) is 11.0. The van der Waals surface area contributed by atoms with Crippen molar-refractivity contribution >= 4 is 5.82 Å². The first-order valence-corrected chi connectivity index (χ1v) is 7.12. The maximum Gasteiger partial charge on any atom is 0.252 e. The van der Waals surface area contributed by atoms with Gasteiger partial charge in [-0.15, -0.1) is 0 Å². The van der Waals surface area contributed by atoms with Gasteiger partial charge in [-0.1, -0.05) is 6.42 Å². The molecule has 0 bridgehead atoms. The zero-order valence-electron chi connectivity index (χ0n) is 11.0. The summed E-state index contributed by atoms with van der Waals surface area (Å²) in [4.78, 5) is 21.5. The van der Waals surface area contributed by atoms with Gasteiger partial charge >= 0.3 is 0 Å². The second-order valence-electron chi connectivity index (χ2n) is 5.60. The van der Waals surface area contributed by atoms with E-state index in [0.29, 0.717) is 5.92 Å². The Kier molecular flexibility index (Phi) is 3.10. The molecule has 0 unspecified atom stereocenters. The number of aromatic nitrogens is 2. The minimum absolute atomic E-state index is 0.00559. The Morgan fingerprint density at radius 1 is 1.39 bits per heavy atom. The normalized spacial score (nSPS) is 19.6. The summed E-state index contributed by atoms with van der Waals surface area (Å²) in [6, 6.07) is 1.65. The molecule has 2 aliphatic carbocycles. The van der Waals surface area contributed by atoms with Gasteiger partial charge in [0.2, 0.25) is 0 Å². The summed E-state index contributed by atoms with van der Waals surface area (Å²) >= 11 is 0. The Balaban J connectivity index is 1.81. The van der Waals surface area contributed by atoms with Crippen molar-refractivity contribution in [3.8, 4) is 0 Å². The molecule has 2 fully saturated rings. The van der Waals surface area contributed by atoms with Crippen LogP contribution in [0, 0.1) is 5.92 Å². The fourth-order valence-electron chi connectivity index (χ4n) is 2.55. The van der Waals surface area contributed by atoms with Crippen LogP contribution in [0.25, 0.3) is 0 Å². The van der Waals surface area contributed by atoms with Crippen LogP contribution >= 0.6 is 0 Å². The molecule has 4 heteroatoms. The summed E-state index contributed by atoms with van der Waals surface area (Å²) in [6.45, 7) is 4.12. The Morgan fingerprint density at radius 3 is 2.72 bits per heavy atom. The van der Waals surface area contributed by atoms with Crippen LogP contribution in [0.5, 0.6) is 0 Å². The van der Waals surface area contributed by atoms with Crippen molar-refractivity contribution in [2.45, 2.75) is 44.9 Å². The monoisotopic (exact) mass is 247 g/mol. The van der Waals surface area contributed by atoms with E-state index in [1.165, 1.54) is 32.1 Å². The van der Waals surface area contributed by atoms with E-state index in [1.807, 2.05) is 0 Å². The zero-order chi connectivity index (χ0) is 12.5. The predicted octanol–water partition coefficient (Wildman–Crippen LogP) is 2.27. The number of anilines is 1. The van der Waals surface area contributed by atoms with Crippen LogP contribution in [-0.4, -0.2) is 23.1 Å². The number of rotatable bonds is 5. The van der Waals surface area contributed by atoms with Gasteiger partial charge in [-0.3, -0.25) is 4.79 Å². The third-order valence-corrected chi connectivity index (χ3v) is 4.12. The molecule has 1 aromatic heterocycles. The quantitative estimate of drug-likeness (QED) is 0.868. The van der Waals surface area contributed by atoms with Crippen LogP contribution < -0.4 is 10.5 Å². The Bertz CT molecular complexity index is 474. The number of hydrogen-bond acceptors (Lipinski definition) is 3. The van der Waals surface area contributed by atoms with Crippen molar-refractivity contribution in [2.75, 3.05) is 18.0 Å². The van der Waals surface area contributed by atoms with Gasteiger partial charge in [0.15, 0.2) is 0 Å². The molecule has 0 spiro atoms. The van der Waals surface area contributed by atoms with E-state index in [1.54, 1.807) is 6.07 Å². The highest BCUT2D eigenvalue weighted by atomic mass is 16.1. The van der Waals surface area contributed by atoms with Crippen LogP contribution in [0.3, 0.4) is 0 Å². The van der Waals surface area contributed by atoms with E-state index in [-0.39, 0.29) is 5.56 Å². The van der Waals surface area contributed by atoms with Gasteiger partial charge < -0.3 is 9.88 Å². The molecule has 4 nitrogen and oxygen atoms in total. The van der Waals surface area contributed by atoms with Crippen molar-refractivity contribution in [1.82, 2.24) is 9.97 Å². The van der Waals surface area contributed by atoms with E-state index in [9.17, 15) is 4.79 Å². The topological polar surface area (TPSA) is 49.0 Å². The number of H-pyrrole nitrogens is 1. The summed E-state index contributed by atoms with van der Waals surface area (Å²) in [5.74, 6) is 3.06. The fraction of sp³-hybridized carbons (Fsp3) is 0.714. The number of nitrogens with zero attached hydrogens (tertiary/aromatic N) is 2. The van der Waals surface area contributed by atoms with Gasteiger partial charge in [-0.25, -0.2) is 4.98 Å². The molecule has 0 radical (unpaired) electrons. The molecule has 98 valence electrons. The Labute approximate surface area is 107 Å². The van der Waals surface area contributed by atoms with E-state index in [2.05, 4.69) is 21.8 Å². The fourth-order valence-corrected chi connectivity index (χ4v) is 2.55. The van der Waals surface area contributed by atoms with Crippen LogP contribution in [0.2, 0.25) is 0 Å². The summed E-state index contributed by atoms with van der Waals surface area (Å²) in [5, 5.41) is 0. The molecule has 1 N–H and O–H groups in total. The molecular weight excluding hydrogens is 226 g/mol. The molecular formula is C14H21N3O. The highest BCUT2D eigenvalue weighted by molar-refractivity contribution is 5.38. The first-order chi connectivity index (χ1) is 8.76. The minimum Gasteiger partial charge on any atom is -0.356 e. The summed E-state index contributed by atoms with van der Waals surface area (Å²) in [5.41, 5.74) is -0.00559. The predicted molar refractivity (Wildman–Crippen MR) is 72.1 cm³/mol. The maximum absolute atomic E-state index is 11.7. The summed E-state index contributed by atoms with van der Waals surface area (Å²) < 4.78 is 0. The third-order valence-electron chi connectivity index (χ3n) is 4.12. The molecule has 2 saturated carbocycles. The largest absolute Gasteiger partial charge is 0.356 e. The van der Waals surface area contributed by atoms with Gasteiger partial charge in [0.25, 0.3) is 5.56 Å². The molecule has 1 heterocycles. The summed E-state index contributed by atoms with van der Waals surface area (Å²) in [6.07, 6.45) is 6.35. The van der Waals surface area contributed by atoms with Crippen LogP contribution in [0.4, 0.5) is 5.82 Å². The second kappa shape index (κ2) is 4.75. The Hall–Kier alpha value is -1.32. The van der Waals surface area contributed by atoms with E-state index >= 15 is 0 Å². The molecule has 3 rings (SSSR count). The van der Waals surface area contributed by atoms with Gasteiger partial charge in [-0.2, -0.15) is 0 Å². The van der Waals surface area contributed by atoms with Crippen LogP contribution in [0.1, 0.15) is 50.8 Å². The summed E-state index contributed by atoms with van der Waals surface area (Å²) in [7, 11) is 0. The van der Waals surface area contributed by atoms with Crippen molar-refractivity contribution in [3.05, 3.63) is 22.2 Å². The number of nitrogens with one attached hydrogen (secondary N) is 1. The number of aromatic amines is 1. The second-order valence-corrected chi connectivity index (χ2v) is 5.60. The lowest BCUT2D eigenvalue weighted by molar-refractivity contribution is 0.318. The molecule has 0 aromatic carbocycles. The van der Waals surface area contributed by atoms with E-state index < -0.39 is 0 Å². The first-order valence-electron chi connectivity index (χ1n) is 7.12. The highest BCUT2D eigenvalue weighted by Crippen LogP contribution is 2.38.